The molecule has 0 radical (unpaired) electrons. The van der Waals surface area contributed by atoms with Gasteiger partial charge in [0.2, 0.25) is 5.43 Å². The van der Waals surface area contributed by atoms with Gasteiger partial charge in [0, 0.05) is 10.6 Å². The van der Waals surface area contributed by atoms with E-state index in [-0.39, 0.29) is 16.9 Å². The fourth-order valence-corrected chi connectivity index (χ4v) is 2.49. The Morgan fingerprint density at radius 2 is 1.96 bits per heavy atom. The first kappa shape index (κ1) is 16.9. The summed E-state index contributed by atoms with van der Waals surface area (Å²) in [5, 5.41) is 4.64. The van der Waals surface area contributed by atoms with Gasteiger partial charge in [-0.05, 0) is 55.3 Å². The van der Waals surface area contributed by atoms with Crippen molar-refractivity contribution in [3.63, 3.8) is 0 Å². The fraction of sp³-hybridized carbons (Fsp3) is 0.105. The first-order valence-corrected chi connectivity index (χ1v) is 7.95. The van der Waals surface area contributed by atoms with Gasteiger partial charge in [0.05, 0.1) is 17.2 Å². The molecule has 0 spiro atoms. The minimum absolute atomic E-state index is 0.218. The predicted molar refractivity (Wildman–Crippen MR) is 98.5 cm³/mol. The Morgan fingerprint density at radius 3 is 2.72 bits per heavy atom. The fourth-order valence-electron chi connectivity index (χ4n) is 2.32. The van der Waals surface area contributed by atoms with E-state index in [4.69, 9.17) is 16.0 Å². The number of halogens is 1. The Labute approximate surface area is 148 Å². The maximum Gasteiger partial charge on any atom is 0.271 e. The van der Waals surface area contributed by atoms with E-state index in [1.807, 2.05) is 19.9 Å². The van der Waals surface area contributed by atoms with Gasteiger partial charge in [0.15, 0.2) is 0 Å². The maximum atomic E-state index is 12.4. The van der Waals surface area contributed by atoms with Crippen LogP contribution in [0.1, 0.15) is 27.0 Å². The number of hydrogen-bond acceptors (Lipinski definition) is 4. The van der Waals surface area contributed by atoms with E-state index in [1.165, 1.54) is 18.5 Å². The highest BCUT2D eigenvalue weighted by molar-refractivity contribution is 6.31. The number of hydrogen-bond donors (Lipinski definition) is 1. The zero-order chi connectivity index (χ0) is 18.0. The molecule has 6 heteroatoms. The molecule has 0 aliphatic carbocycles. The summed E-state index contributed by atoms with van der Waals surface area (Å²) >= 11 is 5.91. The van der Waals surface area contributed by atoms with Crippen LogP contribution in [0.2, 0.25) is 5.02 Å². The average Bonchev–Trinajstić information content (AvgIpc) is 2.59. The van der Waals surface area contributed by atoms with E-state index in [1.54, 1.807) is 24.3 Å². The summed E-state index contributed by atoms with van der Waals surface area (Å²) in [6.07, 6.45) is 2.55. The minimum atomic E-state index is -0.354. The lowest BCUT2D eigenvalue weighted by Crippen LogP contribution is -2.18. The van der Waals surface area contributed by atoms with Crippen LogP contribution >= 0.6 is 11.6 Å². The van der Waals surface area contributed by atoms with Gasteiger partial charge in [-0.15, -0.1) is 0 Å². The predicted octanol–water partition coefficient (Wildman–Crippen LogP) is 3.83. The smallest absolute Gasteiger partial charge is 0.271 e. The van der Waals surface area contributed by atoms with Crippen LogP contribution in [-0.2, 0) is 0 Å². The monoisotopic (exact) mass is 354 g/mol. The lowest BCUT2D eigenvalue weighted by atomic mass is 10.1. The number of carbonyl (C=O) groups excluding carboxylic acids is 1. The molecular formula is C19H15ClN2O3. The van der Waals surface area contributed by atoms with Crippen molar-refractivity contribution in [3.05, 3.63) is 80.2 Å². The number of fused-ring (bicyclic) bond motifs is 1. The van der Waals surface area contributed by atoms with Crippen molar-refractivity contribution in [2.24, 2.45) is 5.10 Å². The van der Waals surface area contributed by atoms with Gasteiger partial charge in [-0.25, -0.2) is 5.43 Å². The largest absolute Gasteiger partial charge is 0.463 e. The van der Waals surface area contributed by atoms with E-state index in [0.29, 0.717) is 21.6 Å². The molecule has 126 valence electrons. The summed E-state index contributed by atoms with van der Waals surface area (Å²) in [6, 6.07) is 10.2. The third-order valence-corrected chi connectivity index (χ3v) is 4.14. The molecule has 0 fully saturated rings. The first-order valence-electron chi connectivity index (χ1n) is 7.57. The number of nitrogens with one attached hydrogen (secondary N) is 1. The second-order valence-electron chi connectivity index (χ2n) is 5.66. The van der Waals surface area contributed by atoms with Gasteiger partial charge in [-0.2, -0.15) is 5.10 Å². The van der Waals surface area contributed by atoms with Crippen molar-refractivity contribution in [1.29, 1.82) is 0 Å². The van der Waals surface area contributed by atoms with Crippen LogP contribution in [0.15, 0.2) is 57.0 Å². The number of benzene rings is 2. The Balaban J connectivity index is 1.81. The summed E-state index contributed by atoms with van der Waals surface area (Å²) in [5.74, 6) is -0.354. The van der Waals surface area contributed by atoms with E-state index < -0.39 is 0 Å². The maximum absolute atomic E-state index is 12.4. The second-order valence-corrected chi connectivity index (χ2v) is 6.10. The Bertz CT molecular complexity index is 1050. The Morgan fingerprint density at radius 1 is 1.16 bits per heavy atom. The normalized spacial score (nSPS) is 11.2. The summed E-state index contributed by atoms with van der Waals surface area (Å²) < 4.78 is 5.39. The van der Waals surface area contributed by atoms with Crippen LogP contribution in [0.5, 0.6) is 0 Å². The van der Waals surface area contributed by atoms with Gasteiger partial charge in [0.25, 0.3) is 5.91 Å². The third-order valence-electron chi connectivity index (χ3n) is 3.90. The Kier molecular flexibility index (Phi) is 4.67. The molecule has 0 atom stereocenters. The molecule has 1 amide bonds. The van der Waals surface area contributed by atoms with Crippen molar-refractivity contribution >= 4 is 34.7 Å². The van der Waals surface area contributed by atoms with E-state index in [0.717, 1.165) is 11.1 Å². The topological polar surface area (TPSA) is 71.7 Å². The first-order chi connectivity index (χ1) is 12.0. The van der Waals surface area contributed by atoms with Crippen molar-refractivity contribution in [3.8, 4) is 0 Å². The van der Waals surface area contributed by atoms with Crippen molar-refractivity contribution in [1.82, 2.24) is 5.43 Å². The van der Waals surface area contributed by atoms with E-state index in [9.17, 15) is 9.59 Å². The van der Waals surface area contributed by atoms with E-state index in [2.05, 4.69) is 10.5 Å². The molecule has 0 saturated heterocycles. The molecule has 2 aromatic carbocycles. The Hall–Kier alpha value is -2.92. The molecule has 0 saturated carbocycles. The van der Waals surface area contributed by atoms with Crippen LogP contribution in [0, 0.1) is 13.8 Å². The molecule has 0 aliphatic rings. The van der Waals surface area contributed by atoms with Gasteiger partial charge in [-0.3, -0.25) is 9.59 Å². The number of carbonyl (C=O) groups is 1. The van der Waals surface area contributed by atoms with Crippen molar-refractivity contribution < 1.29 is 9.21 Å². The molecule has 0 bridgehead atoms. The molecule has 25 heavy (non-hydrogen) atoms. The summed E-state index contributed by atoms with van der Waals surface area (Å²) in [6.45, 7) is 3.90. The number of hydrazone groups is 1. The van der Waals surface area contributed by atoms with Crippen LogP contribution in [0.3, 0.4) is 0 Å². The molecule has 3 aromatic rings. The molecular weight excluding hydrogens is 340 g/mol. The molecule has 1 aromatic heterocycles. The lowest BCUT2D eigenvalue weighted by molar-refractivity contribution is 0.0955. The summed E-state index contributed by atoms with van der Waals surface area (Å²) in [7, 11) is 0. The van der Waals surface area contributed by atoms with Gasteiger partial charge in [-0.1, -0.05) is 17.7 Å². The van der Waals surface area contributed by atoms with Crippen LogP contribution in [0.25, 0.3) is 11.0 Å². The summed E-state index contributed by atoms with van der Waals surface area (Å²) in [5.41, 5.74) is 5.41. The third kappa shape index (κ3) is 3.61. The van der Waals surface area contributed by atoms with Crippen LogP contribution in [-0.4, -0.2) is 12.1 Å². The number of rotatable bonds is 3. The number of amides is 1. The molecule has 5 nitrogen and oxygen atoms in total. The zero-order valence-corrected chi connectivity index (χ0v) is 14.4. The number of aryl methyl sites for hydroxylation is 2. The summed E-state index contributed by atoms with van der Waals surface area (Å²) in [4.78, 5) is 24.5. The van der Waals surface area contributed by atoms with Gasteiger partial charge < -0.3 is 4.42 Å². The highest BCUT2D eigenvalue weighted by Gasteiger charge is 2.07. The van der Waals surface area contributed by atoms with Crippen LogP contribution in [0.4, 0.5) is 0 Å². The molecule has 1 heterocycles. The molecule has 1 N–H and O–H groups in total. The highest BCUT2D eigenvalue weighted by atomic mass is 35.5. The SMILES string of the molecule is Cc1ccc(C(=O)N/N=C/c2coc3ccc(Cl)cc3c2=O)cc1C. The van der Waals surface area contributed by atoms with Crippen molar-refractivity contribution in [2.75, 3.05) is 0 Å². The quantitative estimate of drug-likeness (QED) is 0.574. The van der Waals surface area contributed by atoms with Crippen LogP contribution < -0.4 is 10.9 Å². The molecule has 0 unspecified atom stereocenters. The number of nitrogens with zero attached hydrogens (tertiary/aromatic N) is 1. The van der Waals surface area contributed by atoms with Crippen molar-refractivity contribution in [2.45, 2.75) is 13.8 Å². The highest BCUT2D eigenvalue weighted by Crippen LogP contribution is 2.16. The molecule has 0 aliphatic heterocycles. The minimum Gasteiger partial charge on any atom is -0.463 e. The lowest BCUT2D eigenvalue weighted by Gasteiger charge is -2.03. The average molecular weight is 355 g/mol. The van der Waals surface area contributed by atoms with E-state index >= 15 is 0 Å². The van der Waals surface area contributed by atoms with Gasteiger partial charge in [0.1, 0.15) is 11.8 Å². The van der Waals surface area contributed by atoms with Gasteiger partial charge >= 0.3 is 0 Å². The standard InChI is InChI=1S/C19H15ClN2O3/c1-11-3-4-13(7-12(11)2)19(24)22-21-9-14-10-25-17-6-5-15(20)8-16(17)18(14)23/h3-10H,1-2H3,(H,22,24)/b21-9+. The zero-order valence-electron chi connectivity index (χ0n) is 13.7. The second kappa shape index (κ2) is 6.91. The molecule has 3 rings (SSSR count).